The summed E-state index contributed by atoms with van der Waals surface area (Å²) in [6.45, 7) is 28.9. The SMILES string of the molecule is CC(C)[Si](C#Cc1cc2c(s1)-c1ccc3c4c(ccc(c14)C2)-c1sc(C#C[Si](C(C)C)(C(C)C)C(C)C)cc1C3)(C(C)C)C(C)C. The van der Waals surface area contributed by atoms with E-state index in [9.17, 15) is 0 Å². The van der Waals surface area contributed by atoms with E-state index in [0.29, 0.717) is 33.2 Å². The molecule has 0 nitrogen and oxygen atoms in total. The number of hydrogen-bond donors (Lipinski definition) is 0. The molecular formula is C42H52S2Si2. The summed E-state index contributed by atoms with van der Waals surface area (Å²) in [4.78, 5) is 5.36. The Morgan fingerprint density at radius 1 is 0.478 bits per heavy atom. The van der Waals surface area contributed by atoms with E-state index < -0.39 is 16.1 Å². The maximum atomic E-state index is 3.98. The first-order valence-electron chi connectivity index (χ1n) is 17.6. The van der Waals surface area contributed by atoms with Crippen molar-refractivity contribution in [3.05, 3.63) is 68.4 Å². The summed E-state index contributed by atoms with van der Waals surface area (Å²) in [5.41, 5.74) is 20.5. The third-order valence-electron chi connectivity index (χ3n) is 11.7. The lowest BCUT2D eigenvalue weighted by Crippen LogP contribution is -2.43. The van der Waals surface area contributed by atoms with E-state index in [1.54, 1.807) is 0 Å². The molecule has 0 unspecified atom stereocenters. The molecule has 2 aliphatic carbocycles. The van der Waals surface area contributed by atoms with Crippen LogP contribution in [0.1, 0.15) is 115 Å². The zero-order valence-corrected chi connectivity index (χ0v) is 33.8. The summed E-state index contributed by atoms with van der Waals surface area (Å²) in [5, 5.41) is 2.97. The fourth-order valence-corrected chi connectivity index (χ4v) is 22.4. The fraction of sp³-hybridized carbons (Fsp3) is 0.476. The normalized spacial score (nSPS) is 13.9. The van der Waals surface area contributed by atoms with Crippen LogP contribution in [-0.4, -0.2) is 16.1 Å². The second-order valence-electron chi connectivity index (χ2n) is 15.9. The first-order chi connectivity index (χ1) is 21.7. The number of benzene rings is 2. The van der Waals surface area contributed by atoms with Gasteiger partial charge in [0.15, 0.2) is 0 Å². The van der Waals surface area contributed by atoms with Crippen molar-refractivity contribution in [2.45, 2.75) is 129 Å². The second-order valence-corrected chi connectivity index (χ2v) is 29.1. The first kappa shape index (κ1) is 33.6. The van der Waals surface area contributed by atoms with Crippen molar-refractivity contribution in [2.75, 3.05) is 0 Å². The van der Waals surface area contributed by atoms with Crippen molar-refractivity contribution in [3.8, 4) is 43.8 Å². The molecule has 0 saturated heterocycles. The van der Waals surface area contributed by atoms with Gasteiger partial charge in [-0.15, -0.1) is 33.8 Å². The molecule has 0 N–H and O–H groups in total. The maximum absolute atomic E-state index is 3.98. The van der Waals surface area contributed by atoms with Crippen molar-refractivity contribution >= 4 is 49.6 Å². The monoisotopic (exact) mass is 676 g/mol. The van der Waals surface area contributed by atoms with E-state index in [0.717, 1.165) is 12.8 Å². The van der Waals surface area contributed by atoms with Gasteiger partial charge >= 0.3 is 0 Å². The smallest absolute Gasteiger partial charge is 0.126 e. The van der Waals surface area contributed by atoms with Crippen molar-refractivity contribution in [2.24, 2.45) is 0 Å². The number of hydrogen-bond acceptors (Lipinski definition) is 2. The standard InChI is InChI=1S/C42H52S2Si2/c1-25(2)45(26(3)4,27(5)6)19-17-35-23-33-21-31-14-16-38-40-32(13-15-37(39(31)40)41(33)43-35)22-34-24-36(44-42(34)38)18-20-46(28(7)8,29(9)10)30(11)12/h13-16,23-30H,21-22H2,1-12H3. The Kier molecular flexibility index (Phi) is 8.95. The Hall–Kier alpha value is -2.35. The van der Waals surface area contributed by atoms with Crippen LogP contribution in [0.4, 0.5) is 0 Å². The summed E-state index contributed by atoms with van der Waals surface area (Å²) in [7, 11) is -3.55. The van der Waals surface area contributed by atoms with E-state index >= 15 is 0 Å². The third-order valence-corrected chi connectivity index (χ3v) is 26.6. The zero-order valence-electron chi connectivity index (χ0n) is 30.2. The zero-order chi connectivity index (χ0) is 33.3. The molecule has 240 valence electrons. The Balaban J connectivity index is 1.42. The highest BCUT2D eigenvalue weighted by Crippen LogP contribution is 2.51. The van der Waals surface area contributed by atoms with E-state index in [-0.39, 0.29) is 0 Å². The summed E-state index contributed by atoms with van der Waals surface area (Å²) in [5.74, 6) is 7.54. The molecule has 4 aromatic rings. The van der Waals surface area contributed by atoms with Gasteiger partial charge in [-0.2, -0.15) is 0 Å². The van der Waals surface area contributed by atoms with Crippen LogP contribution in [0.2, 0.25) is 33.2 Å². The third kappa shape index (κ3) is 5.15. The van der Waals surface area contributed by atoms with Gasteiger partial charge in [-0.1, -0.05) is 119 Å². The number of fused-ring (bicyclic) bond motifs is 4. The predicted octanol–water partition coefficient (Wildman–Crippen LogP) is 13.2. The maximum Gasteiger partial charge on any atom is 0.146 e. The summed E-state index contributed by atoms with van der Waals surface area (Å²) >= 11 is 3.85. The minimum Gasteiger partial charge on any atom is -0.126 e. The minimum absolute atomic E-state index is 0.647. The van der Waals surface area contributed by atoms with Crippen LogP contribution in [-0.2, 0) is 12.8 Å². The molecule has 0 aliphatic heterocycles. The van der Waals surface area contributed by atoms with Gasteiger partial charge < -0.3 is 0 Å². The topological polar surface area (TPSA) is 0 Å². The van der Waals surface area contributed by atoms with E-state index in [4.69, 9.17) is 0 Å². The summed E-state index contributed by atoms with van der Waals surface area (Å²) < 4.78 is 0. The van der Waals surface area contributed by atoms with Crippen LogP contribution in [0.3, 0.4) is 0 Å². The van der Waals surface area contributed by atoms with E-state index in [2.05, 4.69) is 142 Å². The molecule has 0 radical (unpaired) electrons. The van der Waals surface area contributed by atoms with Crippen LogP contribution >= 0.6 is 22.7 Å². The molecule has 2 aromatic heterocycles. The minimum atomic E-state index is -1.77. The van der Waals surface area contributed by atoms with Crippen LogP contribution in [0.15, 0.2) is 36.4 Å². The number of thiophene rings is 2. The molecule has 6 rings (SSSR count). The summed E-state index contributed by atoms with van der Waals surface area (Å²) in [6.07, 6.45) is 2.00. The van der Waals surface area contributed by atoms with Gasteiger partial charge in [-0.25, -0.2) is 0 Å². The Bertz CT molecular complexity index is 1750. The molecule has 46 heavy (non-hydrogen) atoms. The molecule has 0 saturated carbocycles. The molecule has 0 amide bonds. The van der Waals surface area contributed by atoms with Gasteiger partial charge in [-0.3, -0.25) is 0 Å². The summed E-state index contributed by atoms with van der Waals surface area (Å²) in [6, 6.07) is 14.5. The highest BCUT2D eigenvalue weighted by Gasteiger charge is 2.43. The van der Waals surface area contributed by atoms with Crippen molar-refractivity contribution < 1.29 is 0 Å². The average molecular weight is 677 g/mol. The van der Waals surface area contributed by atoms with Crippen LogP contribution < -0.4 is 0 Å². The Labute approximate surface area is 289 Å². The van der Waals surface area contributed by atoms with Gasteiger partial charge in [-0.05, 0) is 91.2 Å². The molecular weight excluding hydrogens is 625 g/mol. The lowest BCUT2D eigenvalue weighted by molar-refractivity contribution is 0.838. The van der Waals surface area contributed by atoms with E-state index in [1.807, 2.05) is 22.7 Å². The first-order valence-corrected chi connectivity index (χ1v) is 23.7. The lowest BCUT2D eigenvalue weighted by Gasteiger charge is -2.38. The molecule has 0 atom stereocenters. The number of rotatable bonds is 6. The quantitative estimate of drug-likeness (QED) is 0.122. The average Bonchev–Trinajstić information content (AvgIpc) is 3.58. The van der Waals surface area contributed by atoms with Gasteiger partial charge in [0.05, 0.1) is 9.75 Å². The van der Waals surface area contributed by atoms with Crippen molar-refractivity contribution in [1.29, 1.82) is 0 Å². The molecule has 2 aliphatic rings. The van der Waals surface area contributed by atoms with Crippen molar-refractivity contribution in [3.63, 3.8) is 0 Å². The molecule has 2 aromatic carbocycles. The predicted molar refractivity (Wildman–Crippen MR) is 212 cm³/mol. The van der Waals surface area contributed by atoms with Crippen LogP contribution in [0.5, 0.6) is 0 Å². The molecule has 2 heterocycles. The van der Waals surface area contributed by atoms with Gasteiger partial charge in [0, 0.05) is 20.9 Å². The highest BCUT2D eigenvalue weighted by atomic mass is 32.1. The fourth-order valence-electron chi connectivity index (χ4n) is 9.63. The highest BCUT2D eigenvalue weighted by molar-refractivity contribution is 7.17. The van der Waals surface area contributed by atoms with Gasteiger partial charge in [0.25, 0.3) is 0 Å². The van der Waals surface area contributed by atoms with Gasteiger partial charge in [0.2, 0.25) is 0 Å². The molecule has 0 spiro atoms. The Morgan fingerprint density at radius 3 is 1.11 bits per heavy atom. The largest absolute Gasteiger partial charge is 0.146 e. The lowest BCUT2D eigenvalue weighted by atomic mass is 9.80. The molecule has 4 heteroatoms. The molecule has 0 fully saturated rings. The van der Waals surface area contributed by atoms with Crippen LogP contribution in [0.25, 0.3) is 31.7 Å². The van der Waals surface area contributed by atoms with Crippen molar-refractivity contribution in [1.82, 2.24) is 0 Å². The van der Waals surface area contributed by atoms with E-state index in [1.165, 1.54) is 63.7 Å². The second kappa shape index (κ2) is 12.3. The van der Waals surface area contributed by atoms with Crippen LogP contribution in [0, 0.1) is 22.9 Å². The Morgan fingerprint density at radius 2 is 0.804 bits per heavy atom. The van der Waals surface area contributed by atoms with Gasteiger partial charge in [0.1, 0.15) is 16.1 Å². The molecule has 0 bridgehead atoms.